The van der Waals surface area contributed by atoms with Gasteiger partial charge in [-0.3, -0.25) is 9.69 Å². The first-order chi connectivity index (χ1) is 17.1. The first-order valence-electron chi connectivity index (χ1n) is 12.9. The maximum absolute atomic E-state index is 13.4. The molecule has 0 unspecified atom stereocenters. The highest BCUT2D eigenvalue weighted by Crippen LogP contribution is 2.40. The van der Waals surface area contributed by atoms with Gasteiger partial charge >= 0.3 is 6.09 Å². The van der Waals surface area contributed by atoms with Crippen molar-refractivity contribution in [3.05, 3.63) is 42.5 Å². The van der Waals surface area contributed by atoms with Gasteiger partial charge in [-0.05, 0) is 67.0 Å². The molecule has 2 aliphatic rings. The third kappa shape index (κ3) is 5.59. The van der Waals surface area contributed by atoms with Crippen molar-refractivity contribution >= 4 is 33.2 Å². The lowest BCUT2D eigenvalue weighted by molar-refractivity contribution is -0.120. The van der Waals surface area contributed by atoms with Gasteiger partial charge in [0.25, 0.3) is 0 Å². The van der Waals surface area contributed by atoms with Gasteiger partial charge in [-0.1, -0.05) is 51.3 Å². The van der Waals surface area contributed by atoms with Gasteiger partial charge in [0.2, 0.25) is 5.91 Å². The van der Waals surface area contributed by atoms with Crippen LogP contribution in [0, 0.1) is 11.8 Å². The number of carbonyl (C=O) groups excluding carboxylic acids is 1. The Morgan fingerprint density at radius 2 is 1.61 bits per heavy atom. The van der Waals surface area contributed by atoms with Crippen molar-refractivity contribution in [1.82, 2.24) is 0 Å². The van der Waals surface area contributed by atoms with E-state index < -0.39 is 15.9 Å². The van der Waals surface area contributed by atoms with Gasteiger partial charge in [0, 0.05) is 13.0 Å². The molecule has 1 fully saturated rings. The topological polar surface area (TPSA) is 95.0 Å². The van der Waals surface area contributed by atoms with Crippen LogP contribution in [0.2, 0.25) is 0 Å². The molecule has 4 rings (SSSR count). The smallest absolute Gasteiger partial charge is 0.411 e. The monoisotopic (exact) mass is 512 g/mol. The zero-order chi connectivity index (χ0) is 26.0. The van der Waals surface area contributed by atoms with E-state index in [-0.39, 0.29) is 35.1 Å². The molecular formula is C28H36N2O5S. The number of nitrogens with zero attached hydrogens (tertiary/aromatic N) is 2. The van der Waals surface area contributed by atoms with Gasteiger partial charge in [0.15, 0.2) is 9.84 Å². The molecule has 0 aromatic heterocycles. The summed E-state index contributed by atoms with van der Waals surface area (Å²) < 4.78 is 25.1. The molecule has 1 atom stereocenters. The average Bonchev–Trinajstić information content (AvgIpc) is 2.83. The Morgan fingerprint density at radius 1 is 0.972 bits per heavy atom. The number of hydrogen-bond acceptors (Lipinski definition) is 4. The van der Waals surface area contributed by atoms with Crippen LogP contribution in [0.3, 0.4) is 0 Å². The van der Waals surface area contributed by atoms with E-state index in [1.54, 1.807) is 35.2 Å². The van der Waals surface area contributed by atoms with E-state index in [1.165, 1.54) is 11.3 Å². The van der Waals surface area contributed by atoms with E-state index in [2.05, 4.69) is 0 Å². The molecule has 1 heterocycles. The molecule has 0 bridgehead atoms. The molecule has 0 spiro atoms. The van der Waals surface area contributed by atoms with Crippen molar-refractivity contribution in [1.29, 1.82) is 0 Å². The lowest BCUT2D eigenvalue weighted by Gasteiger charge is -2.41. The fourth-order valence-electron chi connectivity index (χ4n) is 5.49. The van der Waals surface area contributed by atoms with Crippen molar-refractivity contribution in [3.8, 4) is 11.1 Å². The first-order valence-corrected chi connectivity index (χ1v) is 14.5. The van der Waals surface area contributed by atoms with E-state index in [0.717, 1.165) is 36.8 Å². The molecule has 1 aliphatic heterocycles. The first kappa shape index (κ1) is 26.2. The summed E-state index contributed by atoms with van der Waals surface area (Å²) in [6.07, 6.45) is 5.14. The maximum Gasteiger partial charge on any atom is 0.411 e. The standard InChI is InChI=1S/C28H36N2O5S/c1-19(2)18-36(34,35)24-12-9-22(10-13-24)23-11-14-25-26(16-23)29(28(32)33)17-20(3)30(25)27(31)15-21-7-5-4-6-8-21/h9-14,16,19-21H,4-8,15,17-18H2,1-3H3,(H,32,33)/t20-/m0/s1. The summed E-state index contributed by atoms with van der Waals surface area (Å²) in [4.78, 5) is 28.8. The highest BCUT2D eigenvalue weighted by atomic mass is 32.2. The van der Waals surface area contributed by atoms with Crippen molar-refractivity contribution in [2.75, 3.05) is 22.1 Å². The largest absolute Gasteiger partial charge is 0.465 e. The minimum absolute atomic E-state index is 0.0310. The number of amides is 2. The summed E-state index contributed by atoms with van der Waals surface area (Å²) in [5.41, 5.74) is 2.64. The van der Waals surface area contributed by atoms with E-state index in [9.17, 15) is 23.1 Å². The number of benzene rings is 2. The van der Waals surface area contributed by atoms with E-state index in [1.807, 2.05) is 32.9 Å². The average molecular weight is 513 g/mol. The molecule has 0 radical (unpaired) electrons. The third-order valence-corrected chi connectivity index (χ3v) is 9.30. The fraction of sp³-hybridized carbons (Fsp3) is 0.500. The molecule has 36 heavy (non-hydrogen) atoms. The Kier molecular flexibility index (Phi) is 7.73. The lowest BCUT2D eigenvalue weighted by Crippen LogP contribution is -2.52. The van der Waals surface area contributed by atoms with Crippen LogP contribution in [0.1, 0.15) is 59.3 Å². The second kappa shape index (κ2) is 10.6. The summed E-state index contributed by atoms with van der Waals surface area (Å²) in [7, 11) is -3.36. The molecule has 1 N–H and O–H groups in total. The highest BCUT2D eigenvalue weighted by molar-refractivity contribution is 7.91. The quantitative estimate of drug-likeness (QED) is 0.514. The summed E-state index contributed by atoms with van der Waals surface area (Å²) in [6, 6.07) is 11.9. The van der Waals surface area contributed by atoms with Gasteiger partial charge in [0.1, 0.15) is 0 Å². The summed E-state index contributed by atoms with van der Waals surface area (Å²) >= 11 is 0. The molecule has 1 aliphatic carbocycles. The summed E-state index contributed by atoms with van der Waals surface area (Å²) in [5.74, 6) is 0.558. The van der Waals surface area contributed by atoms with Crippen molar-refractivity contribution in [3.63, 3.8) is 0 Å². The van der Waals surface area contributed by atoms with Gasteiger partial charge in [-0.15, -0.1) is 0 Å². The Balaban J connectivity index is 1.65. The Hall–Kier alpha value is -2.87. The van der Waals surface area contributed by atoms with Crippen molar-refractivity contribution < 1.29 is 23.1 Å². The van der Waals surface area contributed by atoms with Crippen LogP contribution in [-0.4, -0.2) is 43.9 Å². The van der Waals surface area contributed by atoms with Crippen LogP contribution in [-0.2, 0) is 14.6 Å². The highest BCUT2D eigenvalue weighted by Gasteiger charge is 2.36. The number of anilines is 2. The van der Waals surface area contributed by atoms with E-state index in [0.29, 0.717) is 23.7 Å². The number of carboxylic acid groups (broad SMARTS) is 1. The molecule has 2 aromatic rings. The number of carbonyl (C=O) groups is 2. The second-order valence-electron chi connectivity index (χ2n) is 10.6. The van der Waals surface area contributed by atoms with E-state index in [4.69, 9.17) is 0 Å². The molecule has 8 heteroatoms. The van der Waals surface area contributed by atoms with Crippen LogP contribution in [0.25, 0.3) is 11.1 Å². The molecule has 2 amide bonds. The molecule has 2 aromatic carbocycles. The minimum atomic E-state index is -3.36. The molecule has 0 saturated heterocycles. The molecule has 1 saturated carbocycles. The number of hydrogen-bond donors (Lipinski definition) is 1. The van der Waals surface area contributed by atoms with Crippen molar-refractivity contribution in [2.24, 2.45) is 11.8 Å². The number of sulfone groups is 1. The molecule has 7 nitrogen and oxygen atoms in total. The maximum atomic E-state index is 13.4. The number of rotatable bonds is 6. The SMILES string of the molecule is CC(C)CS(=O)(=O)c1ccc(-c2ccc3c(c2)N(C(=O)O)C[C@H](C)N3C(=O)CC2CCCCC2)cc1. The summed E-state index contributed by atoms with van der Waals surface area (Å²) in [6.45, 7) is 5.84. The van der Waals surface area contributed by atoms with Gasteiger partial charge < -0.3 is 10.0 Å². The van der Waals surface area contributed by atoms with Gasteiger partial charge in [-0.25, -0.2) is 13.2 Å². The predicted octanol–water partition coefficient (Wildman–Crippen LogP) is 5.97. The molecular weight excluding hydrogens is 476 g/mol. The van der Waals surface area contributed by atoms with E-state index >= 15 is 0 Å². The fourth-order valence-corrected chi connectivity index (χ4v) is 7.11. The Labute approximate surface area is 214 Å². The second-order valence-corrected chi connectivity index (χ2v) is 12.7. The van der Waals surface area contributed by atoms with Gasteiger partial charge in [-0.2, -0.15) is 0 Å². The van der Waals surface area contributed by atoms with Gasteiger partial charge in [0.05, 0.1) is 28.1 Å². The Morgan fingerprint density at radius 3 is 2.22 bits per heavy atom. The minimum Gasteiger partial charge on any atom is -0.465 e. The molecule has 194 valence electrons. The predicted molar refractivity (Wildman–Crippen MR) is 142 cm³/mol. The van der Waals surface area contributed by atoms with Crippen LogP contribution < -0.4 is 9.80 Å². The Bertz CT molecular complexity index is 1220. The van der Waals surface area contributed by atoms with Crippen LogP contribution in [0.15, 0.2) is 47.4 Å². The third-order valence-electron chi connectivity index (χ3n) is 7.20. The number of fused-ring (bicyclic) bond motifs is 1. The summed E-state index contributed by atoms with van der Waals surface area (Å²) in [5, 5.41) is 9.90. The van der Waals surface area contributed by atoms with Crippen LogP contribution in [0.4, 0.5) is 16.2 Å². The normalized spacial score (nSPS) is 18.8. The lowest BCUT2D eigenvalue weighted by atomic mass is 9.86. The van der Waals surface area contributed by atoms with Crippen molar-refractivity contribution in [2.45, 2.75) is 70.2 Å². The zero-order valence-electron chi connectivity index (χ0n) is 21.3. The van der Waals surface area contributed by atoms with Crippen LogP contribution in [0.5, 0.6) is 0 Å². The van der Waals surface area contributed by atoms with Crippen LogP contribution >= 0.6 is 0 Å². The zero-order valence-corrected chi connectivity index (χ0v) is 22.1.